The zero-order valence-electron chi connectivity index (χ0n) is 8.23. The van der Waals surface area contributed by atoms with Crippen LogP contribution >= 0.6 is 0 Å². The second kappa shape index (κ2) is 2.59. The lowest BCUT2D eigenvalue weighted by Crippen LogP contribution is -2.28. The van der Waals surface area contributed by atoms with Gasteiger partial charge in [-0.05, 0) is 31.4 Å². The Kier molecular flexibility index (Phi) is 1.49. The van der Waals surface area contributed by atoms with Crippen LogP contribution in [-0.2, 0) is 0 Å². The summed E-state index contributed by atoms with van der Waals surface area (Å²) < 4.78 is 0. The van der Waals surface area contributed by atoms with E-state index < -0.39 is 0 Å². The molecule has 0 spiro atoms. The summed E-state index contributed by atoms with van der Waals surface area (Å²) in [6.07, 6.45) is 2.37. The Morgan fingerprint density at radius 1 is 1.29 bits per heavy atom. The van der Waals surface area contributed by atoms with Crippen molar-refractivity contribution >= 4 is 5.91 Å². The summed E-state index contributed by atoms with van der Waals surface area (Å²) in [7, 11) is 0. The largest absolute Gasteiger partial charge is 0.329 e. The molecule has 1 saturated carbocycles. The van der Waals surface area contributed by atoms with Crippen molar-refractivity contribution in [3.8, 4) is 0 Å². The number of carbonyl (C=O) groups excluding carboxylic acids is 1. The van der Waals surface area contributed by atoms with E-state index in [1.54, 1.807) is 0 Å². The maximum atomic E-state index is 12.0. The van der Waals surface area contributed by atoms with Crippen molar-refractivity contribution in [2.45, 2.75) is 31.8 Å². The molecule has 0 radical (unpaired) electrons. The highest BCUT2D eigenvalue weighted by atomic mass is 16.2. The fourth-order valence-corrected chi connectivity index (χ4v) is 2.36. The van der Waals surface area contributed by atoms with Gasteiger partial charge < -0.3 is 4.90 Å². The summed E-state index contributed by atoms with van der Waals surface area (Å²) in [5, 5.41) is 0. The van der Waals surface area contributed by atoms with Crippen molar-refractivity contribution in [3.63, 3.8) is 0 Å². The van der Waals surface area contributed by atoms with Crippen LogP contribution in [0.15, 0.2) is 24.3 Å². The summed E-state index contributed by atoms with van der Waals surface area (Å²) in [6, 6.07) is 8.77. The van der Waals surface area contributed by atoms with Gasteiger partial charge in [-0.1, -0.05) is 18.2 Å². The molecule has 1 aromatic carbocycles. The molecule has 2 nitrogen and oxygen atoms in total. The van der Waals surface area contributed by atoms with Crippen molar-refractivity contribution in [2.24, 2.45) is 0 Å². The summed E-state index contributed by atoms with van der Waals surface area (Å²) in [5.74, 6) is 0.232. The quantitative estimate of drug-likeness (QED) is 0.661. The van der Waals surface area contributed by atoms with Gasteiger partial charge in [0.1, 0.15) is 0 Å². The standard InChI is InChI=1S/C12H13NO/c1-8-10-4-2-3-5-11(10)12(14)13(8)9-6-7-9/h2-5,8-9H,6-7H2,1H3. The normalized spacial score (nSPS) is 25.4. The van der Waals surface area contributed by atoms with Crippen molar-refractivity contribution in [1.82, 2.24) is 4.90 Å². The highest BCUT2D eigenvalue weighted by molar-refractivity contribution is 5.99. The van der Waals surface area contributed by atoms with Gasteiger partial charge in [-0.3, -0.25) is 4.79 Å². The van der Waals surface area contributed by atoms with E-state index >= 15 is 0 Å². The third-order valence-corrected chi connectivity index (χ3v) is 3.23. The Balaban J connectivity index is 2.07. The number of hydrogen-bond acceptors (Lipinski definition) is 1. The van der Waals surface area contributed by atoms with Crippen molar-refractivity contribution in [3.05, 3.63) is 35.4 Å². The summed E-state index contributed by atoms with van der Waals surface area (Å²) >= 11 is 0. The number of benzene rings is 1. The predicted octanol–water partition coefficient (Wildman–Crippen LogP) is 2.37. The van der Waals surface area contributed by atoms with Crippen molar-refractivity contribution in [2.75, 3.05) is 0 Å². The molecule has 1 aliphatic heterocycles. The lowest BCUT2D eigenvalue weighted by atomic mass is 10.1. The molecule has 1 amide bonds. The van der Waals surface area contributed by atoms with E-state index in [0.717, 1.165) is 5.56 Å². The highest BCUT2D eigenvalue weighted by Gasteiger charge is 2.42. The molecule has 1 atom stereocenters. The molecule has 3 rings (SSSR count). The highest BCUT2D eigenvalue weighted by Crippen LogP contribution is 2.41. The van der Waals surface area contributed by atoms with Crippen LogP contribution < -0.4 is 0 Å². The summed E-state index contributed by atoms with van der Waals surface area (Å²) in [4.78, 5) is 14.1. The van der Waals surface area contributed by atoms with Gasteiger partial charge in [0, 0.05) is 11.6 Å². The fourth-order valence-electron chi connectivity index (χ4n) is 2.36. The number of rotatable bonds is 1. The first-order chi connectivity index (χ1) is 6.79. The molecule has 1 heterocycles. The van der Waals surface area contributed by atoms with E-state index in [0.29, 0.717) is 6.04 Å². The molecule has 2 aliphatic rings. The Labute approximate surface area is 83.5 Å². The molecular weight excluding hydrogens is 174 g/mol. The van der Waals surface area contributed by atoms with Crippen LogP contribution in [0.5, 0.6) is 0 Å². The van der Waals surface area contributed by atoms with Gasteiger partial charge in [0.25, 0.3) is 5.91 Å². The Morgan fingerprint density at radius 2 is 2.00 bits per heavy atom. The zero-order valence-corrected chi connectivity index (χ0v) is 8.23. The molecule has 0 saturated heterocycles. The van der Waals surface area contributed by atoms with Gasteiger partial charge in [0.2, 0.25) is 0 Å². The third-order valence-electron chi connectivity index (χ3n) is 3.23. The average molecular weight is 187 g/mol. The first-order valence-corrected chi connectivity index (χ1v) is 5.20. The molecule has 2 heteroatoms. The Morgan fingerprint density at radius 3 is 2.64 bits per heavy atom. The minimum atomic E-state index is 0.232. The predicted molar refractivity (Wildman–Crippen MR) is 54.0 cm³/mol. The van der Waals surface area contributed by atoms with Crippen LogP contribution in [-0.4, -0.2) is 16.8 Å². The number of nitrogens with zero attached hydrogens (tertiary/aromatic N) is 1. The number of fused-ring (bicyclic) bond motifs is 1. The van der Waals surface area contributed by atoms with Crippen LogP contribution in [0, 0.1) is 0 Å². The molecule has 1 unspecified atom stereocenters. The van der Waals surface area contributed by atoms with E-state index in [2.05, 4.69) is 13.0 Å². The van der Waals surface area contributed by atoms with Crippen molar-refractivity contribution < 1.29 is 4.79 Å². The van der Waals surface area contributed by atoms with Crippen LogP contribution in [0.2, 0.25) is 0 Å². The van der Waals surface area contributed by atoms with Gasteiger partial charge in [-0.2, -0.15) is 0 Å². The molecule has 1 fully saturated rings. The minimum Gasteiger partial charge on any atom is -0.329 e. The lowest BCUT2D eigenvalue weighted by Gasteiger charge is -2.21. The van der Waals surface area contributed by atoms with E-state index in [9.17, 15) is 4.79 Å². The first kappa shape index (κ1) is 8.04. The smallest absolute Gasteiger partial charge is 0.254 e. The molecule has 0 N–H and O–H groups in total. The average Bonchev–Trinajstić information content (AvgIpc) is 2.99. The summed E-state index contributed by atoms with van der Waals surface area (Å²) in [5.41, 5.74) is 2.11. The molecular formula is C12H13NO. The second-order valence-corrected chi connectivity index (χ2v) is 4.21. The zero-order chi connectivity index (χ0) is 9.71. The molecule has 0 bridgehead atoms. The topological polar surface area (TPSA) is 20.3 Å². The summed E-state index contributed by atoms with van der Waals surface area (Å²) in [6.45, 7) is 2.13. The maximum absolute atomic E-state index is 12.0. The Bertz CT molecular complexity index is 395. The minimum absolute atomic E-state index is 0.232. The van der Waals surface area contributed by atoms with Gasteiger partial charge in [0.15, 0.2) is 0 Å². The van der Waals surface area contributed by atoms with Crippen LogP contribution in [0.25, 0.3) is 0 Å². The number of hydrogen-bond donors (Lipinski definition) is 0. The van der Waals surface area contributed by atoms with Gasteiger partial charge in [0.05, 0.1) is 6.04 Å². The SMILES string of the molecule is CC1c2ccccc2C(=O)N1C1CC1. The maximum Gasteiger partial charge on any atom is 0.254 e. The van der Waals surface area contributed by atoms with Crippen LogP contribution in [0.4, 0.5) is 0 Å². The fraction of sp³-hybridized carbons (Fsp3) is 0.417. The van der Waals surface area contributed by atoms with Crippen molar-refractivity contribution in [1.29, 1.82) is 0 Å². The van der Waals surface area contributed by atoms with Gasteiger partial charge in [-0.25, -0.2) is 0 Å². The molecule has 1 aromatic rings. The second-order valence-electron chi connectivity index (χ2n) is 4.21. The van der Waals surface area contributed by atoms with E-state index in [1.165, 1.54) is 18.4 Å². The van der Waals surface area contributed by atoms with Gasteiger partial charge in [-0.15, -0.1) is 0 Å². The third kappa shape index (κ3) is 0.939. The monoisotopic (exact) mass is 187 g/mol. The first-order valence-electron chi connectivity index (χ1n) is 5.20. The lowest BCUT2D eigenvalue weighted by molar-refractivity contribution is 0.0723. The molecule has 0 aromatic heterocycles. The van der Waals surface area contributed by atoms with Gasteiger partial charge >= 0.3 is 0 Å². The Hall–Kier alpha value is -1.31. The number of amides is 1. The molecule has 72 valence electrons. The van der Waals surface area contributed by atoms with Crippen LogP contribution in [0.1, 0.15) is 41.7 Å². The van der Waals surface area contributed by atoms with E-state index in [-0.39, 0.29) is 11.9 Å². The molecule has 14 heavy (non-hydrogen) atoms. The number of carbonyl (C=O) groups is 1. The molecule has 1 aliphatic carbocycles. The van der Waals surface area contributed by atoms with Crippen LogP contribution in [0.3, 0.4) is 0 Å². The van der Waals surface area contributed by atoms with E-state index in [4.69, 9.17) is 0 Å². The van der Waals surface area contributed by atoms with E-state index in [1.807, 2.05) is 23.1 Å².